The molecule has 1 aliphatic rings. The van der Waals surface area contributed by atoms with Gasteiger partial charge in [-0.2, -0.15) is 0 Å². The molecule has 0 bridgehead atoms. The van der Waals surface area contributed by atoms with Crippen molar-refractivity contribution in [2.45, 2.75) is 97.3 Å². The Morgan fingerprint density at radius 1 is 1.04 bits per heavy atom. The number of rotatable bonds is 9. The van der Waals surface area contributed by atoms with Crippen molar-refractivity contribution in [2.24, 2.45) is 17.8 Å². The monoisotopic (exact) mass is 390 g/mol. The Hall–Kier alpha value is -1.22. The van der Waals surface area contributed by atoms with Crippen molar-refractivity contribution in [1.82, 2.24) is 0 Å². The first-order valence-corrected chi connectivity index (χ1v) is 11.4. The molecule has 3 nitrogen and oxygen atoms in total. The first-order valence-electron chi connectivity index (χ1n) is 11.4. The van der Waals surface area contributed by atoms with E-state index in [0.717, 1.165) is 31.2 Å². The summed E-state index contributed by atoms with van der Waals surface area (Å²) >= 11 is 0. The van der Waals surface area contributed by atoms with E-state index in [1.54, 1.807) is 0 Å². The van der Waals surface area contributed by atoms with Gasteiger partial charge in [-0.3, -0.25) is 0 Å². The predicted octanol–water partition coefficient (Wildman–Crippen LogP) is 6.49. The van der Waals surface area contributed by atoms with Gasteiger partial charge >= 0.3 is 0 Å². The molecule has 0 saturated heterocycles. The molecular formula is C25H42O3. The van der Waals surface area contributed by atoms with E-state index in [2.05, 4.69) is 34.6 Å². The maximum Gasteiger partial charge on any atom is 0.123 e. The molecule has 2 rings (SSSR count). The highest BCUT2D eigenvalue weighted by Gasteiger charge is 2.36. The number of aliphatic hydroxyl groups is 1. The molecule has 0 spiro atoms. The van der Waals surface area contributed by atoms with Crippen LogP contribution in [0, 0.1) is 17.8 Å². The van der Waals surface area contributed by atoms with E-state index in [0.29, 0.717) is 17.4 Å². The highest BCUT2D eigenvalue weighted by molar-refractivity contribution is 5.51. The van der Waals surface area contributed by atoms with Crippen molar-refractivity contribution in [2.75, 3.05) is 6.61 Å². The summed E-state index contributed by atoms with van der Waals surface area (Å²) in [4.78, 5) is 0. The van der Waals surface area contributed by atoms with Crippen LogP contribution >= 0.6 is 0 Å². The average Bonchev–Trinajstić information content (AvgIpc) is 2.64. The van der Waals surface area contributed by atoms with Crippen LogP contribution in [0.4, 0.5) is 0 Å². The molecule has 3 atom stereocenters. The number of aliphatic hydroxyl groups excluding tert-OH is 1. The predicted molar refractivity (Wildman–Crippen MR) is 117 cm³/mol. The summed E-state index contributed by atoms with van der Waals surface area (Å²) < 4.78 is 0. The molecule has 0 radical (unpaired) electrons. The van der Waals surface area contributed by atoms with E-state index in [1.807, 2.05) is 12.1 Å². The number of aromatic hydroxyl groups is 2. The maximum atomic E-state index is 10.9. The lowest BCUT2D eigenvalue weighted by Crippen LogP contribution is -2.28. The van der Waals surface area contributed by atoms with Crippen LogP contribution in [0.2, 0.25) is 0 Å². The maximum absolute atomic E-state index is 10.9. The Labute approximate surface area is 172 Å². The van der Waals surface area contributed by atoms with Crippen LogP contribution in [0.25, 0.3) is 0 Å². The third kappa shape index (κ3) is 5.43. The van der Waals surface area contributed by atoms with Gasteiger partial charge in [0.2, 0.25) is 0 Å². The van der Waals surface area contributed by atoms with Gasteiger partial charge in [0.25, 0.3) is 0 Å². The van der Waals surface area contributed by atoms with E-state index in [9.17, 15) is 15.3 Å². The summed E-state index contributed by atoms with van der Waals surface area (Å²) in [7, 11) is 0. The SMILES string of the molecule is CCCCCCC(C)(C)c1cc(O)c([C@@H]2CC(CO)CC[C@H]2C(C)C)c(O)c1. The van der Waals surface area contributed by atoms with E-state index >= 15 is 0 Å². The minimum Gasteiger partial charge on any atom is -0.508 e. The van der Waals surface area contributed by atoms with E-state index in [4.69, 9.17) is 0 Å². The molecule has 0 heterocycles. The van der Waals surface area contributed by atoms with E-state index in [-0.39, 0.29) is 35.4 Å². The van der Waals surface area contributed by atoms with Crippen molar-refractivity contribution in [3.05, 3.63) is 23.3 Å². The summed E-state index contributed by atoms with van der Waals surface area (Å²) in [6.45, 7) is 11.2. The van der Waals surface area contributed by atoms with Crippen LogP contribution in [0.3, 0.4) is 0 Å². The van der Waals surface area contributed by atoms with Gasteiger partial charge < -0.3 is 15.3 Å². The fourth-order valence-electron chi connectivity index (χ4n) is 5.11. The first-order chi connectivity index (χ1) is 13.2. The Morgan fingerprint density at radius 3 is 2.21 bits per heavy atom. The van der Waals surface area contributed by atoms with Crippen molar-refractivity contribution in [1.29, 1.82) is 0 Å². The van der Waals surface area contributed by atoms with Crippen LogP contribution in [-0.2, 0) is 5.41 Å². The summed E-state index contributed by atoms with van der Waals surface area (Å²) in [6, 6.07) is 3.77. The summed E-state index contributed by atoms with van der Waals surface area (Å²) in [5.41, 5.74) is 1.64. The molecule has 1 aromatic carbocycles. The highest BCUT2D eigenvalue weighted by Crippen LogP contribution is 2.50. The lowest BCUT2D eigenvalue weighted by molar-refractivity contribution is 0.128. The fraction of sp³-hybridized carbons (Fsp3) is 0.760. The molecule has 0 amide bonds. The second-order valence-electron chi connectivity index (χ2n) is 10.00. The second kappa shape index (κ2) is 10.0. The van der Waals surface area contributed by atoms with Gasteiger partial charge in [0, 0.05) is 12.2 Å². The number of phenolic OH excluding ortho intramolecular Hbond substituents is 2. The summed E-state index contributed by atoms with van der Waals surface area (Å²) in [5.74, 6) is 1.73. The van der Waals surface area contributed by atoms with Gasteiger partial charge in [-0.15, -0.1) is 0 Å². The van der Waals surface area contributed by atoms with Gasteiger partial charge in [-0.25, -0.2) is 0 Å². The molecule has 160 valence electrons. The minimum atomic E-state index is -0.0706. The lowest BCUT2D eigenvalue weighted by atomic mass is 9.66. The quantitative estimate of drug-likeness (QED) is 0.422. The van der Waals surface area contributed by atoms with Crippen molar-refractivity contribution >= 4 is 0 Å². The van der Waals surface area contributed by atoms with E-state index in [1.165, 1.54) is 25.7 Å². The zero-order valence-corrected chi connectivity index (χ0v) is 18.7. The Bertz CT molecular complexity index is 597. The molecule has 28 heavy (non-hydrogen) atoms. The molecule has 1 aromatic rings. The first kappa shape index (κ1) is 23.1. The summed E-state index contributed by atoms with van der Waals surface area (Å²) in [6.07, 6.45) is 8.84. The number of unbranched alkanes of at least 4 members (excludes halogenated alkanes) is 3. The van der Waals surface area contributed by atoms with Crippen LogP contribution in [0.15, 0.2) is 12.1 Å². The molecule has 3 heteroatoms. The third-order valence-electron chi connectivity index (χ3n) is 7.07. The van der Waals surface area contributed by atoms with Gasteiger partial charge in [-0.1, -0.05) is 60.3 Å². The Balaban J connectivity index is 2.28. The Morgan fingerprint density at radius 2 is 1.68 bits per heavy atom. The van der Waals surface area contributed by atoms with Crippen LogP contribution in [-0.4, -0.2) is 21.9 Å². The fourth-order valence-corrected chi connectivity index (χ4v) is 5.11. The van der Waals surface area contributed by atoms with Gasteiger partial charge in [-0.05, 0) is 72.5 Å². The van der Waals surface area contributed by atoms with Gasteiger partial charge in [0.1, 0.15) is 11.5 Å². The Kier molecular flexibility index (Phi) is 8.24. The number of hydrogen-bond acceptors (Lipinski definition) is 3. The summed E-state index contributed by atoms with van der Waals surface area (Å²) in [5, 5.41) is 31.5. The van der Waals surface area contributed by atoms with Gasteiger partial charge in [0.15, 0.2) is 0 Å². The van der Waals surface area contributed by atoms with E-state index < -0.39 is 0 Å². The smallest absolute Gasteiger partial charge is 0.123 e. The largest absolute Gasteiger partial charge is 0.508 e. The molecule has 1 unspecified atom stereocenters. The highest BCUT2D eigenvalue weighted by atomic mass is 16.3. The van der Waals surface area contributed by atoms with Crippen LogP contribution in [0.5, 0.6) is 11.5 Å². The topological polar surface area (TPSA) is 60.7 Å². The molecule has 3 N–H and O–H groups in total. The molecular weight excluding hydrogens is 348 g/mol. The van der Waals surface area contributed by atoms with Crippen molar-refractivity contribution < 1.29 is 15.3 Å². The zero-order valence-electron chi connectivity index (χ0n) is 18.7. The third-order valence-corrected chi connectivity index (χ3v) is 7.07. The average molecular weight is 391 g/mol. The van der Waals surface area contributed by atoms with Crippen LogP contribution < -0.4 is 0 Å². The minimum absolute atomic E-state index is 0.0706. The molecule has 1 saturated carbocycles. The number of phenols is 2. The lowest BCUT2D eigenvalue weighted by Gasteiger charge is -2.39. The normalized spacial score (nSPS) is 23.3. The molecule has 0 aliphatic heterocycles. The molecule has 1 fully saturated rings. The number of benzene rings is 1. The number of hydrogen-bond donors (Lipinski definition) is 3. The zero-order chi connectivity index (χ0) is 20.9. The molecule has 0 aromatic heterocycles. The van der Waals surface area contributed by atoms with Crippen LogP contribution in [0.1, 0.15) is 103 Å². The van der Waals surface area contributed by atoms with Gasteiger partial charge in [0.05, 0.1) is 0 Å². The van der Waals surface area contributed by atoms with Crippen molar-refractivity contribution in [3.63, 3.8) is 0 Å². The van der Waals surface area contributed by atoms with Crippen molar-refractivity contribution in [3.8, 4) is 11.5 Å². The molecule has 1 aliphatic carbocycles. The second-order valence-corrected chi connectivity index (χ2v) is 10.00. The standard InChI is InChI=1S/C25H42O3/c1-6-7-8-9-12-25(4,5)19-14-22(27)24(23(28)15-19)21-13-18(16-26)10-11-20(21)17(2)3/h14-15,17-18,20-21,26-28H,6-13,16H2,1-5H3/t18?,20-,21+/m0/s1.